The Hall–Kier alpha value is -0.820. The summed E-state index contributed by atoms with van der Waals surface area (Å²) >= 11 is 5.51. The lowest BCUT2D eigenvalue weighted by Crippen LogP contribution is -1.99. The number of carbonyl (C=O) groups excluding carboxylic acids is 1. The van der Waals surface area contributed by atoms with Crippen LogP contribution in [0.4, 0.5) is 0 Å². The molecule has 66 valence electrons. The van der Waals surface area contributed by atoms with Gasteiger partial charge in [0, 0.05) is 5.92 Å². The largest absolute Gasteiger partial charge is 0.281 e. The number of rotatable bonds is 1. The molecule has 0 saturated heterocycles. The number of benzene rings is 1. The highest BCUT2D eigenvalue weighted by molar-refractivity contribution is 6.64. The minimum atomic E-state index is -0.149. The molecule has 2 aliphatic rings. The van der Waals surface area contributed by atoms with E-state index in [-0.39, 0.29) is 11.2 Å². The van der Waals surface area contributed by atoms with Gasteiger partial charge in [-0.1, -0.05) is 24.3 Å². The van der Waals surface area contributed by atoms with Crippen LogP contribution in [0, 0.1) is 11.8 Å². The van der Waals surface area contributed by atoms with Crippen molar-refractivity contribution in [3.63, 3.8) is 0 Å². The van der Waals surface area contributed by atoms with Crippen LogP contribution >= 0.6 is 11.6 Å². The lowest BCUT2D eigenvalue weighted by Gasteiger charge is -2.03. The molecule has 1 saturated carbocycles. The lowest BCUT2D eigenvalue weighted by molar-refractivity contribution is -0.113. The number of carbonyl (C=O) groups is 1. The molecular formula is C11H9ClO. The van der Waals surface area contributed by atoms with Gasteiger partial charge in [-0.05, 0) is 41.0 Å². The summed E-state index contributed by atoms with van der Waals surface area (Å²) in [5.74, 6) is 1.08. The Kier molecular flexibility index (Phi) is 1.37. The molecule has 1 nitrogen and oxygen atoms in total. The van der Waals surface area contributed by atoms with Crippen LogP contribution in [0.15, 0.2) is 24.3 Å². The van der Waals surface area contributed by atoms with Crippen molar-refractivity contribution in [1.29, 1.82) is 0 Å². The summed E-state index contributed by atoms with van der Waals surface area (Å²) in [6.45, 7) is 0. The highest BCUT2D eigenvalue weighted by Gasteiger charge is 2.58. The van der Waals surface area contributed by atoms with E-state index in [1.165, 1.54) is 11.1 Å². The third-order valence-corrected chi connectivity index (χ3v) is 3.55. The predicted molar refractivity (Wildman–Crippen MR) is 50.7 cm³/mol. The summed E-state index contributed by atoms with van der Waals surface area (Å²) in [5, 5.41) is -0.149. The normalized spacial score (nSPS) is 33.8. The van der Waals surface area contributed by atoms with Crippen molar-refractivity contribution in [2.24, 2.45) is 11.8 Å². The Morgan fingerprint density at radius 1 is 1.38 bits per heavy atom. The molecule has 0 spiro atoms. The first-order chi connectivity index (χ1) is 6.29. The lowest BCUT2D eigenvalue weighted by atomic mass is 10.0. The van der Waals surface area contributed by atoms with Gasteiger partial charge < -0.3 is 0 Å². The molecule has 0 aliphatic heterocycles. The molecule has 1 aromatic rings. The van der Waals surface area contributed by atoms with Crippen molar-refractivity contribution in [2.45, 2.75) is 12.3 Å². The topological polar surface area (TPSA) is 17.1 Å². The molecule has 0 radical (unpaired) electrons. The van der Waals surface area contributed by atoms with Gasteiger partial charge in [0.1, 0.15) is 0 Å². The summed E-state index contributed by atoms with van der Waals surface area (Å²) in [7, 11) is 0. The first-order valence-corrected chi connectivity index (χ1v) is 4.94. The van der Waals surface area contributed by atoms with Gasteiger partial charge in [-0.2, -0.15) is 0 Å². The Bertz CT molecular complexity index is 385. The van der Waals surface area contributed by atoms with Gasteiger partial charge in [0.25, 0.3) is 0 Å². The molecular weight excluding hydrogens is 184 g/mol. The van der Waals surface area contributed by atoms with Crippen molar-refractivity contribution >= 4 is 16.8 Å². The van der Waals surface area contributed by atoms with Crippen molar-refractivity contribution in [2.75, 3.05) is 0 Å². The van der Waals surface area contributed by atoms with Crippen LogP contribution in [0.5, 0.6) is 0 Å². The molecule has 0 aromatic heterocycles. The maximum atomic E-state index is 11.0. The minimum absolute atomic E-state index is 0.122. The summed E-state index contributed by atoms with van der Waals surface area (Å²) in [6.07, 6.45) is 1.05. The van der Waals surface area contributed by atoms with Crippen molar-refractivity contribution < 1.29 is 4.79 Å². The first-order valence-electron chi connectivity index (χ1n) is 4.56. The minimum Gasteiger partial charge on any atom is -0.281 e. The molecule has 0 bridgehead atoms. The molecule has 0 heterocycles. The SMILES string of the molecule is O=C(Cl)C1C2Cc3ccccc3C21. The van der Waals surface area contributed by atoms with Gasteiger partial charge in [0.05, 0.1) is 0 Å². The second-order valence-corrected chi connectivity index (χ2v) is 4.29. The number of hydrogen-bond donors (Lipinski definition) is 0. The average Bonchev–Trinajstić information content (AvgIpc) is 2.71. The second kappa shape index (κ2) is 2.36. The number of hydrogen-bond acceptors (Lipinski definition) is 1. The van der Waals surface area contributed by atoms with E-state index in [9.17, 15) is 4.79 Å². The maximum Gasteiger partial charge on any atom is 0.225 e. The van der Waals surface area contributed by atoms with Gasteiger partial charge in [-0.25, -0.2) is 0 Å². The smallest absolute Gasteiger partial charge is 0.225 e. The molecule has 2 heteroatoms. The van der Waals surface area contributed by atoms with E-state index in [1.807, 2.05) is 6.07 Å². The maximum absolute atomic E-state index is 11.0. The van der Waals surface area contributed by atoms with Crippen LogP contribution in [0.2, 0.25) is 0 Å². The molecule has 0 N–H and O–H groups in total. The van der Waals surface area contributed by atoms with E-state index in [1.54, 1.807) is 0 Å². The third kappa shape index (κ3) is 0.910. The summed E-state index contributed by atoms with van der Waals surface area (Å²) < 4.78 is 0. The Morgan fingerprint density at radius 3 is 2.92 bits per heavy atom. The molecule has 1 aromatic carbocycles. The van der Waals surface area contributed by atoms with Gasteiger partial charge in [-0.15, -0.1) is 0 Å². The van der Waals surface area contributed by atoms with Gasteiger partial charge in [0.2, 0.25) is 5.24 Å². The zero-order chi connectivity index (χ0) is 9.00. The summed E-state index contributed by atoms with van der Waals surface area (Å²) in [4.78, 5) is 11.0. The van der Waals surface area contributed by atoms with Crippen LogP contribution in [0.3, 0.4) is 0 Å². The summed E-state index contributed by atoms with van der Waals surface area (Å²) in [6, 6.07) is 8.37. The summed E-state index contributed by atoms with van der Waals surface area (Å²) in [5.41, 5.74) is 2.76. The van der Waals surface area contributed by atoms with Gasteiger partial charge in [-0.3, -0.25) is 4.79 Å². The van der Waals surface area contributed by atoms with Crippen molar-refractivity contribution in [3.8, 4) is 0 Å². The predicted octanol–water partition coefficient (Wildman–Crippen LogP) is 2.34. The van der Waals surface area contributed by atoms with E-state index < -0.39 is 0 Å². The average molecular weight is 193 g/mol. The first kappa shape index (κ1) is 7.57. The third-order valence-electron chi connectivity index (χ3n) is 3.30. The van der Waals surface area contributed by atoms with E-state index in [2.05, 4.69) is 18.2 Å². The van der Waals surface area contributed by atoms with E-state index in [0.717, 1.165) is 6.42 Å². The highest BCUT2D eigenvalue weighted by atomic mass is 35.5. The Labute approximate surface area is 81.7 Å². The van der Waals surface area contributed by atoms with E-state index in [0.29, 0.717) is 11.8 Å². The van der Waals surface area contributed by atoms with Crippen LogP contribution in [0.25, 0.3) is 0 Å². The molecule has 3 unspecified atom stereocenters. The number of halogens is 1. The fourth-order valence-corrected chi connectivity index (χ4v) is 2.96. The van der Waals surface area contributed by atoms with E-state index >= 15 is 0 Å². The zero-order valence-corrected chi connectivity index (χ0v) is 7.79. The molecule has 13 heavy (non-hydrogen) atoms. The van der Waals surface area contributed by atoms with Crippen LogP contribution in [-0.2, 0) is 11.2 Å². The fourth-order valence-electron chi connectivity index (χ4n) is 2.66. The molecule has 2 aliphatic carbocycles. The molecule has 3 atom stereocenters. The monoisotopic (exact) mass is 192 g/mol. The number of fused-ring (bicyclic) bond motifs is 3. The van der Waals surface area contributed by atoms with Crippen LogP contribution in [0.1, 0.15) is 17.0 Å². The van der Waals surface area contributed by atoms with Crippen LogP contribution < -0.4 is 0 Å². The fraction of sp³-hybridized carbons (Fsp3) is 0.364. The standard InChI is InChI=1S/C11H9ClO/c12-11(13)10-8-5-6-3-1-2-4-7(6)9(8)10/h1-4,8-10H,5H2. The van der Waals surface area contributed by atoms with Crippen molar-refractivity contribution in [3.05, 3.63) is 35.4 Å². The second-order valence-electron chi connectivity index (χ2n) is 3.92. The molecule has 0 amide bonds. The quantitative estimate of drug-likeness (QED) is 0.625. The molecule has 3 rings (SSSR count). The van der Waals surface area contributed by atoms with E-state index in [4.69, 9.17) is 11.6 Å². The van der Waals surface area contributed by atoms with Gasteiger partial charge >= 0.3 is 0 Å². The zero-order valence-electron chi connectivity index (χ0n) is 7.03. The molecule has 1 fully saturated rings. The van der Waals surface area contributed by atoms with Crippen molar-refractivity contribution in [1.82, 2.24) is 0 Å². The van der Waals surface area contributed by atoms with Gasteiger partial charge in [0.15, 0.2) is 0 Å². The Morgan fingerprint density at radius 2 is 2.15 bits per heavy atom. The highest BCUT2D eigenvalue weighted by Crippen LogP contribution is 2.61. The Balaban J connectivity index is 1.99. The van der Waals surface area contributed by atoms with Crippen LogP contribution in [-0.4, -0.2) is 5.24 Å².